The first kappa shape index (κ1) is 24.2. The van der Waals surface area contributed by atoms with E-state index >= 15 is 0 Å². The molecule has 3 aliphatic rings. The summed E-state index contributed by atoms with van der Waals surface area (Å²) in [6, 6.07) is 3.39. The van der Waals surface area contributed by atoms with E-state index in [4.69, 9.17) is 4.98 Å². The highest BCUT2D eigenvalue weighted by Crippen LogP contribution is 2.33. The lowest BCUT2D eigenvalue weighted by Gasteiger charge is -2.37. The van der Waals surface area contributed by atoms with Crippen LogP contribution in [0, 0.1) is 12.8 Å². The van der Waals surface area contributed by atoms with Crippen molar-refractivity contribution in [3.63, 3.8) is 0 Å². The first-order valence-corrected chi connectivity index (χ1v) is 10.6. The molecule has 164 valence electrons. The van der Waals surface area contributed by atoms with Gasteiger partial charge in [0.25, 0.3) is 0 Å². The number of aromatic nitrogens is 2. The minimum absolute atomic E-state index is 0. The van der Waals surface area contributed by atoms with Crippen LogP contribution in [0.15, 0.2) is 6.07 Å². The Morgan fingerprint density at radius 2 is 1.72 bits per heavy atom. The number of piperazine rings is 1. The fourth-order valence-electron chi connectivity index (χ4n) is 4.90. The molecule has 3 saturated heterocycles. The lowest BCUT2D eigenvalue weighted by atomic mass is 9.89. The topological polar surface area (TPSA) is 61.4 Å². The summed E-state index contributed by atoms with van der Waals surface area (Å²) in [5, 5.41) is 3.67. The monoisotopic (exact) mass is 443 g/mol. The number of carbonyl (C=O) groups is 1. The van der Waals surface area contributed by atoms with Gasteiger partial charge in [0.1, 0.15) is 11.6 Å². The Hall–Kier alpha value is -1.11. The highest BCUT2D eigenvalue weighted by atomic mass is 35.5. The molecule has 3 fully saturated rings. The quantitative estimate of drug-likeness (QED) is 0.772. The molecule has 6 nitrogen and oxygen atoms in total. The van der Waals surface area contributed by atoms with Gasteiger partial charge < -0.3 is 15.1 Å². The molecule has 2 bridgehead atoms. The number of piperidine rings is 1. The summed E-state index contributed by atoms with van der Waals surface area (Å²) in [6.07, 6.45) is 5.69. The van der Waals surface area contributed by atoms with Crippen molar-refractivity contribution >= 4 is 36.5 Å². The van der Waals surface area contributed by atoms with Crippen molar-refractivity contribution in [1.29, 1.82) is 0 Å². The summed E-state index contributed by atoms with van der Waals surface area (Å²) >= 11 is 0. The van der Waals surface area contributed by atoms with Crippen molar-refractivity contribution in [2.75, 3.05) is 31.1 Å². The Morgan fingerprint density at radius 1 is 1.10 bits per heavy atom. The highest BCUT2D eigenvalue weighted by Gasteiger charge is 2.35. The molecule has 0 aromatic carbocycles. The molecule has 3 aliphatic heterocycles. The van der Waals surface area contributed by atoms with E-state index in [9.17, 15) is 4.79 Å². The Bertz CT molecular complexity index is 682. The van der Waals surface area contributed by atoms with Gasteiger partial charge in [0.2, 0.25) is 5.91 Å². The number of nitrogens with zero attached hydrogens (tertiary/aromatic N) is 4. The number of rotatable bonds is 4. The third-order valence-corrected chi connectivity index (χ3v) is 6.36. The summed E-state index contributed by atoms with van der Waals surface area (Å²) in [5.41, 5.74) is 1.02. The van der Waals surface area contributed by atoms with Crippen molar-refractivity contribution in [3.8, 4) is 0 Å². The highest BCUT2D eigenvalue weighted by molar-refractivity contribution is 5.85. The summed E-state index contributed by atoms with van der Waals surface area (Å²) in [4.78, 5) is 26.5. The van der Waals surface area contributed by atoms with Crippen LogP contribution in [0.25, 0.3) is 0 Å². The molecule has 2 atom stereocenters. The van der Waals surface area contributed by atoms with Gasteiger partial charge in [-0.15, -0.1) is 24.8 Å². The third-order valence-electron chi connectivity index (χ3n) is 6.36. The maximum absolute atomic E-state index is 12.8. The van der Waals surface area contributed by atoms with Gasteiger partial charge in [0.15, 0.2) is 0 Å². The van der Waals surface area contributed by atoms with E-state index in [0.29, 0.717) is 29.8 Å². The average molecular weight is 444 g/mol. The molecule has 0 spiro atoms. The van der Waals surface area contributed by atoms with Crippen molar-refractivity contribution in [2.24, 2.45) is 5.92 Å². The molecule has 1 aromatic heterocycles. The molecular weight excluding hydrogens is 409 g/mol. The van der Waals surface area contributed by atoms with Gasteiger partial charge in [-0.2, -0.15) is 0 Å². The normalized spacial score (nSPS) is 26.1. The van der Waals surface area contributed by atoms with Crippen LogP contribution in [0.2, 0.25) is 0 Å². The Balaban J connectivity index is 0.00000150. The summed E-state index contributed by atoms with van der Waals surface area (Å²) in [6.45, 7) is 9.61. The van der Waals surface area contributed by atoms with Crippen LogP contribution in [0.5, 0.6) is 0 Å². The summed E-state index contributed by atoms with van der Waals surface area (Å²) in [5.74, 6) is 3.17. The van der Waals surface area contributed by atoms with E-state index < -0.39 is 0 Å². The van der Waals surface area contributed by atoms with Crippen molar-refractivity contribution in [1.82, 2.24) is 20.2 Å². The lowest BCUT2D eigenvalue weighted by molar-refractivity contribution is -0.132. The van der Waals surface area contributed by atoms with E-state index in [1.54, 1.807) is 0 Å². The summed E-state index contributed by atoms with van der Waals surface area (Å²) < 4.78 is 0. The molecule has 1 amide bonds. The van der Waals surface area contributed by atoms with Gasteiger partial charge >= 0.3 is 0 Å². The minimum Gasteiger partial charge on any atom is -0.353 e. The maximum Gasteiger partial charge on any atom is 0.222 e. The van der Waals surface area contributed by atoms with Gasteiger partial charge in [-0.25, -0.2) is 9.97 Å². The van der Waals surface area contributed by atoms with Gasteiger partial charge in [0, 0.05) is 62.4 Å². The Labute approximate surface area is 187 Å². The molecular formula is C21H35Cl2N5O. The second-order valence-electron chi connectivity index (χ2n) is 8.93. The average Bonchev–Trinajstić information content (AvgIpc) is 2.99. The second-order valence-corrected chi connectivity index (χ2v) is 8.93. The molecule has 1 N–H and O–H groups in total. The van der Waals surface area contributed by atoms with Crippen LogP contribution < -0.4 is 10.2 Å². The van der Waals surface area contributed by atoms with Crippen LogP contribution >= 0.6 is 24.8 Å². The van der Waals surface area contributed by atoms with E-state index in [0.717, 1.165) is 49.9 Å². The number of carbonyl (C=O) groups excluding carboxylic acids is 1. The van der Waals surface area contributed by atoms with Gasteiger partial charge in [-0.1, -0.05) is 13.8 Å². The van der Waals surface area contributed by atoms with Crippen molar-refractivity contribution in [3.05, 3.63) is 17.6 Å². The third kappa shape index (κ3) is 5.74. The number of fused-ring (bicyclic) bond motifs is 2. The largest absolute Gasteiger partial charge is 0.353 e. The maximum atomic E-state index is 12.8. The fraction of sp³-hybridized carbons (Fsp3) is 0.762. The number of halogens is 2. The molecule has 4 rings (SSSR count). The molecule has 0 saturated carbocycles. The number of aryl methyl sites for hydroxylation is 1. The van der Waals surface area contributed by atoms with Crippen LogP contribution in [-0.4, -0.2) is 59.0 Å². The molecule has 0 aliphatic carbocycles. The number of amides is 1. The van der Waals surface area contributed by atoms with E-state index in [-0.39, 0.29) is 24.8 Å². The van der Waals surface area contributed by atoms with Crippen molar-refractivity contribution < 1.29 is 4.79 Å². The van der Waals surface area contributed by atoms with Crippen LogP contribution in [-0.2, 0) is 4.79 Å². The first-order chi connectivity index (χ1) is 13.0. The Kier molecular flexibility index (Phi) is 8.56. The predicted molar refractivity (Wildman–Crippen MR) is 121 cm³/mol. The second kappa shape index (κ2) is 10.3. The summed E-state index contributed by atoms with van der Waals surface area (Å²) in [7, 11) is 0. The molecule has 29 heavy (non-hydrogen) atoms. The van der Waals surface area contributed by atoms with Crippen LogP contribution in [0.3, 0.4) is 0 Å². The van der Waals surface area contributed by atoms with E-state index in [1.165, 1.54) is 25.7 Å². The van der Waals surface area contributed by atoms with Crippen LogP contribution in [0.4, 0.5) is 5.82 Å². The minimum atomic E-state index is 0. The molecule has 0 radical (unpaired) electrons. The SMILES string of the molecule is Cc1cc(N2CCN(C(=O)CC3CC4CCC(C3)N4)CC2)nc(C(C)C)n1.Cl.Cl. The number of hydrogen-bond acceptors (Lipinski definition) is 5. The fourth-order valence-corrected chi connectivity index (χ4v) is 4.90. The van der Waals surface area contributed by atoms with Gasteiger partial charge in [0.05, 0.1) is 0 Å². The number of anilines is 1. The Morgan fingerprint density at radius 3 is 2.31 bits per heavy atom. The van der Waals surface area contributed by atoms with E-state index in [2.05, 4.69) is 40.0 Å². The number of hydrogen-bond donors (Lipinski definition) is 1. The lowest BCUT2D eigenvalue weighted by Crippen LogP contribution is -2.50. The molecule has 4 heterocycles. The van der Waals surface area contributed by atoms with E-state index in [1.807, 2.05) is 6.92 Å². The first-order valence-electron chi connectivity index (χ1n) is 10.6. The predicted octanol–water partition coefficient (Wildman–Crippen LogP) is 3.32. The molecule has 8 heteroatoms. The van der Waals surface area contributed by atoms with Crippen molar-refractivity contribution in [2.45, 2.75) is 70.9 Å². The number of nitrogens with one attached hydrogen (secondary N) is 1. The van der Waals surface area contributed by atoms with Gasteiger partial charge in [-0.3, -0.25) is 4.79 Å². The zero-order valence-corrected chi connectivity index (χ0v) is 19.4. The molecule has 2 unspecified atom stereocenters. The zero-order chi connectivity index (χ0) is 19.0. The van der Waals surface area contributed by atoms with Crippen LogP contribution in [0.1, 0.15) is 63.4 Å². The standard InChI is InChI=1S/C21H33N5O.2ClH/c1-14(2)21-22-15(3)10-19(24-21)25-6-8-26(9-7-25)20(27)13-16-11-17-4-5-18(12-16)23-17;;/h10,14,16-18,23H,4-9,11-13H2,1-3H3;2*1H. The molecule has 1 aromatic rings. The smallest absolute Gasteiger partial charge is 0.222 e. The van der Waals surface area contributed by atoms with Gasteiger partial charge in [-0.05, 0) is 38.5 Å². The zero-order valence-electron chi connectivity index (χ0n) is 17.8.